The maximum Gasteiger partial charge on any atom is 0.302 e. The Morgan fingerprint density at radius 3 is 2.50 bits per heavy atom. The largest absolute Gasteiger partial charge is 0.463 e. The number of ether oxygens (including phenoxy) is 2. The zero-order valence-corrected chi connectivity index (χ0v) is 10.5. The molecule has 1 aliphatic carbocycles. The van der Waals surface area contributed by atoms with E-state index in [1.54, 1.807) is 0 Å². The van der Waals surface area contributed by atoms with Gasteiger partial charge in [0.05, 0.1) is 11.7 Å². The van der Waals surface area contributed by atoms with E-state index >= 15 is 0 Å². The van der Waals surface area contributed by atoms with Gasteiger partial charge < -0.3 is 9.47 Å². The van der Waals surface area contributed by atoms with Crippen LogP contribution in [0.4, 0.5) is 0 Å². The lowest BCUT2D eigenvalue weighted by atomic mass is 9.82. The summed E-state index contributed by atoms with van der Waals surface area (Å²) in [5, 5.41) is 0. The Bertz CT molecular complexity index is 270. The van der Waals surface area contributed by atoms with E-state index in [1.165, 1.54) is 26.2 Å². The average molecular weight is 226 g/mol. The van der Waals surface area contributed by atoms with Crippen LogP contribution in [0, 0.1) is 11.8 Å². The summed E-state index contributed by atoms with van der Waals surface area (Å²) in [4.78, 5) is 10.8. The van der Waals surface area contributed by atoms with Crippen LogP contribution in [0.15, 0.2) is 0 Å². The third-order valence-electron chi connectivity index (χ3n) is 4.16. The number of hydrogen-bond donors (Lipinski definition) is 0. The summed E-state index contributed by atoms with van der Waals surface area (Å²) < 4.78 is 11.2. The smallest absolute Gasteiger partial charge is 0.302 e. The van der Waals surface area contributed by atoms with Crippen molar-refractivity contribution in [2.45, 2.75) is 58.2 Å². The van der Waals surface area contributed by atoms with E-state index in [2.05, 4.69) is 13.8 Å². The molecular weight excluding hydrogens is 204 g/mol. The highest BCUT2D eigenvalue weighted by Crippen LogP contribution is 2.57. The SMILES string of the molecule is CCC1C(COC(C)=O)OC2(CC2)C1CC. The molecule has 1 aliphatic heterocycles. The summed E-state index contributed by atoms with van der Waals surface area (Å²) in [7, 11) is 0. The first-order valence-electron chi connectivity index (χ1n) is 6.44. The van der Waals surface area contributed by atoms with Crippen LogP contribution in [0.5, 0.6) is 0 Å². The number of esters is 1. The molecule has 0 aromatic carbocycles. The Balaban J connectivity index is 2.00. The first-order valence-corrected chi connectivity index (χ1v) is 6.44. The molecule has 3 unspecified atom stereocenters. The van der Waals surface area contributed by atoms with Gasteiger partial charge in [-0.15, -0.1) is 0 Å². The van der Waals surface area contributed by atoms with Gasteiger partial charge in [0.15, 0.2) is 0 Å². The van der Waals surface area contributed by atoms with Gasteiger partial charge in [-0.05, 0) is 24.7 Å². The van der Waals surface area contributed by atoms with Gasteiger partial charge >= 0.3 is 5.97 Å². The molecule has 2 aliphatic rings. The molecule has 0 N–H and O–H groups in total. The molecule has 3 atom stereocenters. The van der Waals surface area contributed by atoms with Crippen LogP contribution in [-0.4, -0.2) is 24.3 Å². The highest BCUT2D eigenvalue weighted by molar-refractivity contribution is 5.65. The maximum absolute atomic E-state index is 10.8. The minimum absolute atomic E-state index is 0.126. The van der Waals surface area contributed by atoms with Gasteiger partial charge in [-0.2, -0.15) is 0 Å². The lowest BCUT2D eigenvalue weighted by Crippen LogP contribution is -2.25. The molecule has 3 nitrogen and oxygen atoms in total. The van der Waals surface area contributed by atoms with Crippen molar-refractivity contribution in [2.75, 3.05) is 6.61 Å². The maximum atomic E-state index is 10.8. The van der Waals surface area contributed by atoms with Gasteiger partial charge in [0.25, 0.3) is 0 Å². The Hall–Kier alpha value is -0.570. The van der Waals surface area contributed by atoms with Crippen molar-refractivity contribution in [3.8, 4) is 0 Å². The monoisotopic (exact) mass is 226 g/mol. The number of hydrogen-bond acceptors (Lipinski definition) is 3. The third-order valence-corrected chi connectivity index (χ3v) is 4.16. The zero-order chi connectivity index (χ0) is 11.8. The second kappa shape index (κ2) is 4.36. The van der Waals surface area contributed by atoms with E-state index in [0.717, 1.165) is 6.42 Å². The molecule has 3 heteroatoms. The lowest BCUT2D eigenvalue weighted by Gasteiger charge is -2.21. The van der Waals surface area contributed by atoms with Gasteiger partial charge in [0.2, 0.25) is 0 Å². The van der Waals surface area contributed by atoms with Crippen molar-refractivity contribution < 1.29 is 14.3 Å². The van der Waals surface area contributed by atoms with Crippen LogP contribution in [0.25, 0.3) is 0 Å². The summed E-state index contributed by atoms with van der Waals surface area (Å²) in [6.45, 7) is 6.34. The summed E-state index contributed by atoms with van der Waals surface area (Å²) in [5.74, 6) is 1.02. The van der Waals surface area contributed by atoms with Crippen molar-refractivity contribution >= 4 is 5.97 Å². The van der Waals surface area contributed by atoms with E-state index in [-0.39, 0.29) is 17.7 Å². The topological polar surface area (TPSA) is 35.5 Å². The predicted octanol–water partition coefficient (Wildman–Crippen LogP) is 2.53. The average Bonchev–Trinajstić information content (AvgIpc) is 2.92. The van der Waals surface area contributed by atoms with Gasteiger partial charge in [-0.25, -0.2) is 0 Å². The molecule has 2 fully saturated rings. The van der Waals surface area contributed by atoms with Crippen molar-refractivity contribution in [3.05, 3.63) is 0 Å². The van der Waals surface area contributed by atoms with Crippen LogP contribution in [0.3, 0.4) is 0 Å². The van der Waals surface area contributed by atoms with E-state index < -0.39 is 0 Å². The molecule has 0 amide bonds. The zero-order valence-electron chi connectivity index (χ0n) is 10.5. The highest BCUT2D eigenvalue weighted by atomic mass is 16.6. The fourth-order valence-electron chi connectivity index (χ4n) is 3.32. The van der Waals surface area contributed by atoms with Crippen molar-refractivity contribution in [1.82, 2.24) is 0 Å². The minimum atomic E-state index is -0.205. The first kappa shape index (κ1) is 11.9. The van der Waals surface area contributed by atoms with Crippen LogP contribution < -0.4 is 0 Å². The quantitative estimate of drug-likeness (QED) is 0.691. The number of rotatable bonds is 4. The Kier molecular flexibility index (Phi) is 3.24. The minimum Gasteiger partial charge on any atom is -0.463 e. The molecule has 1 heterocycles. The van der Waals surface area contributed by atoms with Crippen LogP contribution >= 0.6 is 0 Å². The number of carbonyl (C=O) groups excluding carboxylic acids is 1. The van der Waals surface area contributed by atoms with Crippen LogP contribution in [0.2, 0.25) is 0 Å². The second-order valence-electron chi connectivity index (χ2n) is 5.11. The van der Waals surface area contributed by atoms with Crippen molar-refractivity contribution in [2.24, 2.45) is 11.8 Å². The molecule has 1 spiro atoms. The van der Waals surface area contributed by atoms with Crippen LogP contribution in [0.1, 0.15) is 46.5 Å². The second-order valence-corrected chi connectivity index (χ2v) is 5.11. The van der Waals surface area contributed by atoms with E-state index in [1.807, 2.05) is 0 Å². The summed E-state index contributed by atoms with van der Waals surface area (Å²) >= 11 is 0. The predicted molar refractivity (Wildman–Crippen MR) is 61.0 cm³/mol. The standard InChI is InChI=1S/C13H22O3/c1-4-10-11(5-2)13(6-7-13)16-12(10)8-15-9(3)14/h10-12H,4-8H2,1-3H3. The molecule has 0 aromatic heterocycles. The lowest BCUT2D eigenvalue weighted by molar-refractivity contribution is -0.146. The van der Waals surface area contributed by atoms with E-state index in [9.17, 15) is 4.79 Å². The summed E-state index contributed by atoms with van der Waals surface area (Å²) in [6.07, 6.45) is 4.81. The van der Waals surface area contributed by atoms with E-state index in [0.29, 0.717) is 18.4 Å². The van der Waals surface area contributed by atoms with Crippen molar-refractivity contribution in [1.29, 1.82) is 0 Å². The fourth-order valence-corrected chi connectivity index (χ4v) is 3.32. The Morgan fingerprint density at radius 1 is 1.38 bits per heavy atom. The van der Waals surface area contributed by atoms with Gasteiger partial charge in [-0.3, -0.25) is 4.79 Å². The molecule has 0 aromatic rings. The van der Waals surface area contributed by atoms with Gasteiger partial charge in [0.1, 0.15) is 6.61 Å². The highest BCUT2D eigenvalue weighted by Gasteiger charge is 2.60. The molecule has 1 saturated carbocycles. The normalized spacial score (nSPS) is 35.3. The first-order chi connectivity index (χ1) is 7.63. The molecule has 2 rings (SSSR count). The van der Waals surface area contributed by atoms with E-state index in [4.69, 9.17) is 9.47 Å². The van der Waals surface area contributed by atoms with Crippen LogP contribution in [-0.2, 0) is 14.3 Å². The van der Waals surface area contributed by atoms with Gasteiger partial charge in [0, 0.05) is 6.92 Å². The molecule has 16 heavy (non-hydrogen) atoms. The third kappa shape index (κ3) is 1.97. The van der Waals surface area contributed by atoms with Gasteiger partial charge in [-0.1, -0.05) is 26.7 Å². The molecule has 0 bridgehead atoms. The Labute approximate surface area is 97.5 Å². The summed E-state index contributed by atoms with van der Waals surface area (Å²) in [6, 6.07) is 0. The Morgan fingerprint density at radius 2 is 2.06 bits per heavy atom. The van der Waals surface area contributed by atoms with Crippen molar-refractivity contribution in [3.63, 3.8) is 0 Å². The fraction of sp³-hybridized carbons (Fsp3) is 0.923. The molecule has 0 radical (unpaired) electrons. The molecule has 1 saturated heterocycles. The molecule has 92 valence electrons. The molecular formula is C13H22O3. The number of carbonyl (C=O) groups is 1. The summed E-state index contributed by atoms with van der Waals surface area (Å²) in [5.41, 5.74) is 0.153.